The number of anilines is 1. The Bertz CT molecular complexity index is 1080. The summed E-state index contributed by atoms with van der Waals surface area (Å²) < 4.78 is 6.65. The number of rotatable bonds is 10. The summed E-state index contributed by atoms with van der Waals surface area (Å²) in [5.74, 6) is 0.455. The van der Waals surface area contributed by atoms with Gasteiger partial charge in [-0.2, -0.15) is 0 Å². The molecule has 0 aromatic heterocycles. The zero-order valence-electron chi connectivity index (χ0n) is 18.9. The molecule has 0 unspecified atom stereocenters. The van der Waals surface area contributed by atoms with Gasteiger partial charge in [0.2, 0.25) is 0 Å². The Kier molecular flexibility index (Phi) is 9.07. The van der Waals surface area contributed by atoms with E-state index in [-0.39, 0.29) is 11.8 Å². The quantitative estimate of drug-likeness (QED) is 0.347. The maximum absolute atomic E-state index is 13.1. The van der Waals surface area contributed by atoms with Gasteiger partial charge in [-0.05, 0) is 54.7 Å². The number of nitrogens with one attached hydrogen (secondary N) is 2. The number of halogens is 1. The van der Waals surface area contributed by atoms with Gasteiger partial charge in [0.05, 0.1) is 23.4 Å². The fraction of sp³-hybridized carbons (Fsp3) is 0.259. The second-order valence-electron chi connectivity index (χ2n) is 8.16. The molecule has 3 aromatic carbocycles. The van der Waals surface area contributed by atoms with E-state index in [9.17, 15) is 9.59 Å². The van der Waals surface area contributed by atoms with Crippen LogP contribution in [0.25, 0.3) is 0 Å². The van der Waals surface area contributed by atoms with Crippen LogP contribution in [0.1, 0.15) is 46.5 Å². The van der Waals surface area contributed by atoms with Crippen LogP contribution in [0.3, 0.4) is 0 Å². The third kappa shape index (κ3) is 7.46. The van der Waals surface area contributed by atoms with Gasteiger partial charge >= 0.3 is 0 Å². The second-order valence-corrected chi connectivity index (χ2v) is 9.08. The molecule has 0 saturated heterocycles. The molecule has 3 aromatic rings. The van der Waals surface area contributed by atoms with Gasteiger partial charge in [0.1, 0.15) is 5.75 Å². The van der Waals surface area contributed by atoms with Crippen LogP contribution in [0.5, 0.6) is 5.75 Å². The molecule has 0 saturated carbocycles. The van der Waals surface area contributed by atoms with Crippen molar-refractivity contribution in [1.82, 2.24) is 5.32 Å². The Hall–Kier alpha value is -3.12. The van der Waals surface area contributed by atoms with E-state index in [1.807, 2.05) is 36.4 Å². The van der Waals surface area contributed by atoms with E-state index < -0.39 is 0 Å². The van der Waals surface area contributed by atoms with Crippen LogP contribution >= 0.6 is 15.9 Å². The van der Waals surface area contributed by atoms with Crippen molar-refractivity contribution in [2.45, 2.75) is 26.7 Å². The molecule has 0 spiro atoms. The molecule has 6 heteroatoms. The van der Waals surface area contributed by atoms with Gasteiger partial charge in [0.15, 0.2) is 0 Å². The molecule has 0 bridgehead atoms. The molecule has 0 aliphatic heterocycles. The summed E-state index contributed by atoms with van der Waals surface area (Å²) in [6.45, 7) is 5.28. The zero-order valence-corrected chi connectivity index (χ0v) is 20.5. The van der Waals surface area contributed by atoms with Crippen molar-refractivity contribution in [2.24, 2.45) is 5.92 Å². The van der Waals surface area contributed by atoms with Crippen molar-refractivity contribution in [2.75, 3.05) is 18.5 Å². The molecular formula is C27H29BrN2O3. The van der Waals surface area contributed by atoms with E-state index in [1.165, 1.54) is 0 Å². The van der Waals surface area contributed by atoms with Gasteiger partial charge in [0, 0.05) is 11.0 Å². The normalized spacial score (nSPS) is 10.7. The van der Waals surface area contributed by atoms with Crippen molar-refractivity contribution in [3.8, 4) is 5.75 Å². The molecule has 0 fully saturated rings. The lowest BCUT2D eigenvalue weighted by Crippen LogP contribution is -2.27. The number of amides is 2. The monoisotopic (exact) mass is 508 g/mol. The van der Waals surface area contributed by atoms with Crippen LogP contribution in [0.4, 0.5) is 5.69 Å². The van der Waals surface area contributed by atoms with E-state index in [4.69, 9.17) is 4.74 Å². The number of hydrogen-bond donors (Lipinski definition) is 2. The molecular weight excluding hydrogens is 480 g/mol. The van der Waals surface area contributed by atoms with Crippen molar-refractivity contribution in [1.29, 1.82) is 0 Å². The van der Waals surface area contributed by atoms with Crippen molar-refractivity contribution < 1.29 is 14.3 Å². The molecule has 0 heterocycles. The van der Waals surface area contributed by atoms with E-state index >= 15 is 0 Å². The first-order chi connectivity index (χ1) is 15.9. The third-order valence-corrected chi connectivity index (χ3v) is 5.59. The topological polar surface area (TPSA) is 67.4 Å². The van der Waals surface area contributed by atoms with Gasteiger partial charge in [-0.3, -0.25) is 9.59 Å². The first-order valence-corrected chi connectivity index (χ1v) is 11.9. The Morgan fingerprint density at radius 3 is 2.39 bits per heavy atom. The number of carbonyl (C=O) groups is 2. The minimum atomic E-state index is -0.333. The van der Waals surface area contributed by atoms with Crippen LogP contribution in [0.2, 0.25) is 0 Å². The Morgan fingerprint density at radius 2 is 1.64 bits per heavy atom. The van der Waals surface area contributed by atoms with E-state index in [0.29, 0.717) is 41.6 Å². The smallest absolute Gasteiger partial charge is 0.259 e. The Morgan fingerprint density at radius 1 is 0.909 bits per heavy atom. The van der Waals surface area contributed by atoms with Gasteiger partial charge in [-0.25, -0.2) is 0 Å². The summed E-state index contributed by atoms with van der Waals surface area (Å²) in [5.41, 5.74) is 2.43. The highest BCUT2D eigenvalue weighted by atomic mass is 79.9. The molecule has 5 nitrogen and oxygen atoms in total. The molecule has 0 radical (unpaired) electrons. The first kappa shape index (κ1) is 24.5. The molecule has 3 rings (SSSR count). The summed E-state index contributed by atoms with van der Waals surface area (Å²) in [6.07, 6.45) is 1.62. The van der Waals surface area contributed by atoms with E-state index in [2.05, 4.69) is 40.4 Å². The minimum Gasteiger partial charge on any atom is -0.493 e. The van der Waals surface area contributed by atoms with E-state index in [0.717, 1.165) is 22.9 Å². The summed E-state index contributed by atoms with van der Waals surface area (Å²) in [7, 11) is 0. The highest BCUT2D eigenvalue weighted by Gasteiger charge is 2.17. The predicted molar refractivity (Wildman–Crippen MR) is 136 cm³/mol. The van der Waals surface area contributed by atoms with Gasteiger partial charge < -0.3 is 15.4 Å². The van der Waals surface area contributed by atoms with Crippen molar-refractivity contribution in [3.05, 3.63) is 94.0 Å². The SMILES string of the molecule is CC(C)CCOc1ccc(Br)cc1C(=O)Nc1ccccc1C(=O)NCCc1ccccc1. The van der Waals surface area contributed by atoms with Gasteiger partial charge in [0.25, 0.3) is 11.8 Å². The fourth-order valence-electron chi connectivity index (χ4n) is 3.25. The number of ether oxygens (including phenoxy) is 1. The van der Waals surface area contributed by atoms with Crippen LogP contribution in [-0.4, -0.2) is 25.0 Å². The number of carbonyl (C=O) groups excluding carboxylic acids is 2. The highest BCUT2D eigenvalue weighted by molar-refractivity contribution is 9.10. The predicted octanol–water partition coefficient (Wildman–Crippen LogP) is 6.10. The highest BCUT2D eigenvalue weighted by Crippen LogP contribution is 2.26. The first-order valence-electron chi connectivity index (χ1n) is 11.1. The van der Waals surface area contributed by atoms with Crippen LogP contribution < -0.4 is 15.4 Å². The molecule has 2 amide bonds. The largest absolute Gasteiger partial charge is 0.493 e. The summed E-state index contributed by atoms with van der Waals surface area (Å²) in [4.78, 5) is 25.9. The Balaban J connectivity index is 1.69. The average Bonchev–Trinajstić information content (AvgIpc) is 2.80. The lowest BCUT2D eigenvalue weighted by Gasteiger charge is -2.15. The number of para-hydroxylation sites is 1. The summed E-state index contributed by atoms with van der Waals surface area (Å²) >= 11 is 3.43. The molecule has 0 aliphatic carbocycles. The summed E-state index contributed by atoms with van der Waals surface area (Å²) in [5, 5.41) is 5.82. The zero-order chi connectivity index (χ0) is 23.6. The van der Waals surface area contributed by atoms with E-state index in [1.54, 1.807) is 36.4 Å². The second kappa shape index (κ2) is 12.2. The third-order valence-electron chi connectivity index (χ3n) is 5.10. The average molecular weight is 509 g/mol. The molecule has 2 N–H and O–H groups in total. The number of hydrogen-bond acceptors (Lipinski definition) is 3. The lowest BCUT2D eigenvalue weighted by atomic mass is 10.1. The summed E-state index contributed by atoms with van der Waals surface area (Å²) in [6, 6.07) is 22.3. The maximum atomic E-state index is 13.1. The van der Waals surface area contributed by atoms with Gasteiger partial charge in [-0.1, -0.05) is 72.2 Å². The molecule has 0 aliphatic rings. The molecule has 172 valence electrons. The number of benzene rings is 3. The van der Waals surface area contributed by atoms with Crippen molar-refractivity contribution in [3.63, 3.8) is 0 Å². The minimum absolute atomic E-state index is 0.232. The van der Waals surface area contributed by atoms with Gasteiger partial charge in [-0.15, -0.1) is 0 Å². The Labute approximate surface area is 203 Å². The maximum Gasteiger partial charge on any atom is 0.259 e. The van der Waals surface area contributed by atoms with Crippen LogP contribution in [-0.2, 0) is 6.42 Å². The fourth-order valence-corrected chi connectivity index (χ4v) is 3.61. The van der Waals surface area contributed by atoms with Crippen LogP contribution in [0.15, 0.2) is 77.3 Å². The van der Waals surface area contributed by atoms with Crippen LogP contribution in [0, 0.1) is 5.92 Å². The molecule has 0 atom stereocenters. The molecule has 33 heavy (non-hydrogen) atoms. The van der Waals surface area contributed by atoms with Crippen molar-refractivity contribution >= 4 is 33.4 Å². The standard InChI is InChI=1S/C27H29BrN2O3/c1-19(2)15-17-33-25-13-12-21(28)18-23(25)27(32)30-24-11-7-6-10-22(24)26(31)29-16-14-20-8-4-3-5-9-20/h3-13,18-19H,14-17H2,1-2H3,(H,29,31)(H,30,32). The lowest BCUT2D eigenvalue weighted by molar-refractivity contribution is 0.0955.